The van der Waals surface area contributed by atoms with Crippen molar-refractivity contribution >= 4 is 35.0 Å². The first-order valence-corrected chi connectivity index (χ1v) is 8.02. The maximum Gasteiger partial charge on any atom is 0.305 e. The molecule has 0 aliphatic carbocycles. The number of carboxylic acid groups (broad SMARTS) is 1. The Morgan fingerprint density at radius 2 is 2.25 bits per heavy atom. The van der Waals surface area contributed by atoms with Gasteiger partial charge in [-0.25, -0.2) is 0 Å². The van der Waals surface area contributed by atoms with E-state index in [0.29, 0.717) is 18.1 Å². The number of nitrogens with zero attached hydrogens (tertiary/aromatic N) is 2. The fourth-order valence-corrected chi connectivity index (χ4v) is 2.85. The molecule has 0 saturated carbocycles. The average molecular weight is 351 g/mol. The van der Waals surface area contributed by atoms with Gasteiger partial charge in [0.1, 0.15) is 5.25 Å². The first-order chi connectivity index (χ1) is 11.5. The monoisotopic (exact) mass is 351 g/mol. The van der Waals surface area contributed by atoms with E-state index >= 15 is 0 Å². The van der Waals surface area contributed by atoms with E-state index in [2.05, 4.69) is 15.5 Å². The number of amidine groups is 1. The summed E-state index contributed by atoms with van der Waals surface area (Å²) >= 11 is 1.05. The number of carbonyl (C=O) groups excluding carboxylic acids is 1. The summed E-state index contributed by atoms with van der Waals surface area (Å²) in [6, 6.07) is 5.31. The molecule has 1 aromatic rings. The standard InChI is InChI=1S/C15H17N3O5S/c1-3-23-11-6-9(4-5-10(11)22-2)8-16-18-15-17-14(21)12(24-15)7-13(19)20/h4-6,8,12H,3,7H2,1-2H3,(H,19,20)(H,17,18,21). The van der Waals surface area contributed by atoms with E-state index < -0.39 is 11.2 Å². The minimum Gasteiger partial charge on any atom is -0.493 e. The molecule has 2 rings (SSSR count). The summed E-state index contributed by atoms with van der Waals surface area (Å²) in [6.07, 6.45) is 1.25. The van der Waals surface area contributed by atoms with E-state index in [1.165, 1.54) is 6.21 Å². The molecular formula is C15H17N3O5S. The number of hydrogen-bond acceptors (Lipinski definition) is 7. The summed E-state index contributed by atoms with van der Waals surface area (Å²) in [5, 5.41) is 18.6. The van der Waals surface area contributed by atoms with Crippen LogP contribution in [0.25, 0.3) is 0 Å². The van der Waals surface area contributed by atoms with Gasteiger partial charge in [0.25, 0.3) is 0 Å². The largest absolute Gasteiger partial charge is 0.493 e. The number of aliphatic carboxylic acids is 1. The lowest BCUT2D eigenvalue weighted by molar-refractivity contribution is -0.138. The molecule has 128 valence electrons. The maximum absolute atomic E-state index is 11.6. The molecule has 1 aliphatic rings. The highest BCUT2D eigenvalue weighted by Crippen LogP contribution is 2.27. The van der Waals surface area contributed by atoms with Gasteiger partial charge >= 0.3 is 5.97 Å². The second-order valence-corrected chi connectivity index (χ2v) is 5.88. The number of thioether (sulfide) groups is 1. The molecule has 1 unspecified atom stereocenters. The van der Waals surface area contributed by atoms with E-state index in [4.69, 9.17) is 14.6 Å². The van der Waals surface area contributed by atoms with Gasteiger partial charge in [-0.1, -0.05) is 11.8 Å². The van der Waals surface area contributed by atoms with E-state index in [1.54, 1.807) is 25.3 Å². The van der Waals surface area contributed by atoms with Crippen molar-refractivity contribution in [2.24, 2.45) is 10.2 Å². The quantitative estimate of drug-likeness (QED) is 0.569. The van der Waals surface area contributed by atoms with Gasteiger partial charge in [-0.3, -0.25) is 9.59 Å². The molecule has 24 heavy (non-hydrogen) atoms. The first-order valence-electron chi connectivity index (χ1n) is 7.14. The summed E-state index contributed by atoms with van der Waals surface area (Å²) in [4.78, 5) is 22.2. The molecule has 9 heteroatoms. The molecule has 0 radical (unpaired) electrons. The number of nitrogens with one attached hydrogen (secondary N) is 1. The highest BCUT2D eigenvalue weighted by atomic mass is 32.2. The predicted octanol–water partition coefficient (Wildman–Crippen LogP) is 1.49. The van der Waals surface area contributed by atoms with Crippen LogP contribution < -0.4 is 14.8 Å². The van der Waals surface area contributed by atoms with Crippen molar-refractivity contribution in [3.05, 3.63) is 23.8 Å². The van der Waals surface area contributed by atoms with Crippen LogP contribution in [-0.4, -0.2) is 47.3 Å². The van der Waals surface area contributed by atoms with Crippen LogP contribution in [0.2, 0.25) is 0 Å². The van der Waals surface area contributed by atoms with E-state index in [-0.39, 0.29) is 17.5 Å². The molecule has 0 spiro atoms. The molecule has 1 saturated heterocycles. The van der Waals surface area contributed by atoms with Crippen LogP contribution in [0.15, 0.2) is 28.4 Å². The first kappa shape index (κ1) is 17.8. The van der Waals surface area contributed by atoms with Crippen LogP contribution in [-0.2, 0) is 9.59 Å². The van der Waals surface area contributed by atoms with Gasteiger partial charge in [0.05, 0.1) is 26.4 Å². The van der Waals surface area contributed by atoms with Crippen LogP contribution in [0.5, 0.6) is 11.5 Å². The van der Waals surface area contributed by atoms with Gasteiger partial charge in [0, 0.05) is 0 Å². The van der Waals surface area contributed by atoms with Crippen molar-refractivity contribution in [1.82, 2.24) is 5.32 Å². The number of ether oxygens (including phenoxy) is 2. The second-order valence-electron chi connectivity index (χ2n) is 4.69. The van der Waals surface area contributed by atoms with Crippen molar-refractivity contribution in [2.45, 2.75) is 18.6 Å². The zero-order valence-corrected chi connectivity index (χ0v) is 14.0. The molecule has 1 fully saturated rings. The van der Waals surface area contributed by atoms with Crippen molar-refractivity contribution in [1.29, 1.82) is 0 Å². The lowest BCUT2D eigenvalue weighted by Gasteiger charge is -2.09. The Bertz CT molecular complexity index is 690. The Labute approximate surface area is 142 Å². The molecule has 0 aromatic heterocycles. The minimum absolute atomic E-state index is 0.255. The van der Waals surface area contributed by atoms with Gasteiger partial charge in [0.15, 0.2) is 16.7 Å². The Morgan fingerprint density at radius 3 is 2.92 bits per heavy atom. The van der Waals surface area contributed by atoms with Gasteiger partial charge < -0.3 is 19.9 Å². The third-order valence-corrected chi connectivity index (χ3v) is 4.05. The minimum atomic E-state index is -1.03. The molecule has 1 aromatic carbocycles. The van der Waals surface area contributed by atoms with E-state index in [9.17, 15) is 9.59 Å². The van der Waals surface area contributed by atoms with Crippen LogP contribution in [0.4, 0.5) is 0 Å². The molecule has 8 nitrogen and oxygen atoms in total. The summed E-state index contributed by atoms with van der Waals surface area (Å²) in [7, 11) is 1.56. The van der Waals surface area contributed by atoms with Crippen molar-refractivity contribution in [3.8, 4) is 11.5 Å². The fourth-order valence-electron chi connectivity index (χ4n) is 1.94. The maximum atomic E-state index is 11.6. The molecule has 1 amide bonds. The smallest absolute Gasteiger partial charge is 0.305 e. The highest BCUT2D eigenvalue weighted by Gasteiger charge is 2.32. The zero-order chi connectivity index (χ0) is 17.5. The number of methoxy groups -OCH3 is 1. The summed E-state index contributed by atoms with van der Waals surface area (Å²) in [5.74, 6) is -0.189. The average Bonchev–Trinajstić information content (AvgIpc) is 2.87. The SMILES string of the molecule is CCOc1cc(C=N/N=C2\NC(=O)C(CC(=O)O)S2)ccc1OC. The third kappa shape index (κ3) is 4.72. The summed E-state index contributed by atoms with van der Waals surface area (Å²) in [6.45, 7) is 2.38. The second kappa shape index (κ2) is 8.34. The lowest BCUT2D eigenvalue weighted by atomic mass is 10.2. The highest BCUT2D eigenvalue weighted by molar-refractivity contribution is 8.15. The van der Waals surface area contributed by atoms with Crippen LogP contribution in [0.1, 0.15) is 18.9 Å². The van der Waals surface area contributed by atoms with Crippen LogP contribution >= 0.6 is 11.8 Å². The van der Waals surface area contributed by atoms with Crippen LogP contribution in [0.3, 0.4) is 0 Å². The molecule has 1 atom stereocenters. The van der Waals surface area contributed by atoms with Gasteiger partial charge in [0.2, 0.25) is 5.91 Å². The molecule has 1 heterocycles. The number of benzene rings is 1. The Hall–Kier alpha value is -2.55. The number of carbonyl (C=O) groups is 2. The fraction of sp³-hybridized carbons (Fsp3) is 0.333. The zero-order valence-electron chi connectivity index (χ0n) is 13.2. The van der Waals surface area contributed by atoms with E-state index in [0.717, 1.165) is 17.3 Å². The number of rotatable bonds is 7. The number of amides is 1. The summed E-state index contributed by atoms with van der Waals surface area (Å²) < 4.78 is 10.7. The number of hydrogen-bond donors (Lipinski definition) is 2. The molecular weight excluding hydrogens is 334 g/mol. The van der Waals surface area contributed by atoms with Crippen molar-refractivity contribution in [2.75, 3.05) is 13.7 Å². The third-order valence-electron chi connectivity index (χ3n) is 2.98. The van der Waals surface area contributed by atoms with Crippen molar-refractivity contribution < 1.29 is 24.2 Å². The van der Waals surface area contributed by atoms with Gasteiger partial charge in [-0.05, 0) is 30.7 Å². The van der Waals surface area contributed by atoms with Crippen LogP contribution in [0, 0.1) is 0 Å². The topological polar surface area (TPSA) is 110 Å². The molecule has 1 aliphatic heterocycles. The van der Waals surface area contributed by atoms with E-state index in [1.807, 2.05) is 6.92 Å². The van der Waals surface area contributed by atoms with Gasteiger partial charge in [-0.2, -0.15) is 5.10 Å². The summed E-state index contributed by atoms with van der Waals surface area (Å²) in [5.41, 5.74) is 0.750. The van der Waals surface area contributed by atoms with Crippen molar-refractivity contribution in [3.63, 3.8) is 0 Å². The molecule has 0 bridgehead atoms. The Kier molecular flexibility index (Phi) is 6.19. The lowest BCUT2D eigenvalue weighted by Crippen LogP contribution is -2.26. The predicted molar refractivity (Wildman–Crippen MR) is 91.0 cm³/mol. The normalized spacial score (nSPS) is 18.8. The van der Waals surface area contributed by atoms with Gasteiger partial charge in [-0.15, -0.1) is 5.10 Å². The Morgan fingerprint density at radius 1 is 1.46 bits per heavy atom. The molecule has 2 N–H and O–H groups in total. The Balaban J connectivity index is 2.05. The number of carboxylic acids is 1.